The highest BCUT2D eigenvalue weighted by Gasteiger charge is 2.24. The van der Waals surface area contributed by atoms with Crippen LogP contribution in [0, 0.1) is 0 Å². The number of hydrogen-bond donors (Lipinski definition) is 0. The second kappa shape index (κ2) is 2.70. The van der Waals surface area contributed by atoms with Crippen molar-refractivity contribution < 1.29 is 14.3 Å². The molecule has 0 N–H and O–H groups in total. The first-order valence-electron chi connectivity index (χ1n) is 3.31. The number of cyclic esters (lactones) is 2. The first-order valence-corrected chi connectivity index (χ1v) is 3.31. The minimum Gasteiger partial charge on any atom is -0.386 e. The van der Waals surface area contributed by atoms with E-state index in [0.717, 1.165) is 0 Å². The van der Waals surface area contributed by atoms with Crippen LogP contribution in [0.4, 0.5) is 0 Å². The number of esters is 2. The Morgan fingerprint density at radius 3 is 2.64 bits per heavy atom. The van der Waals surface area contributed by atoms with Gasteiger partial charge in [0.25, 0.3) is 0 Å². The number of carbonyl (C=O) groups is 2. The first-order chi connectivity index (χ1) is 5.15. The Balaban J connectivity index is 2.88. The lowest BCUT2D eigenvalue weighted by molar-refractivity contribution is -0.150. The molecule has 0 saturated heterocycles. The van der Waals surface area contributed by atoms with E-state index in [4.69, 9.17) is 0 Å². The van der Waals surface area contributed by atoms with Crippen molar-refractivity contribution in [1.82, 2.24) is 0 Å². The maximum atomic E-state index is 10.8. The van der Waals surface area contributed by atoms with E-state index in [9.17, 15) is 9.59 Å². The Labute approximate surface area is 64.3 Å². The molecule has 1 heterocycles. The van der Waals surface area contributed by atoms with Gasteiger partial charge in [-0.05, 0) is 12.0 Å². The number of ether oxygens (including phenoxy) is 1. The van der Waals surface area contributed by atoms with Crippen molar-refractivity contribution in [2.24, 2.45) is 0 Å². The van der Waals surface area contributed by atoms with Gasteiger partial charge in [0.1, 0.15) is 0 Å². The Kier molecular flexibility index (Phi) is 1.89. The van der Waals surface area contributed by atoms with E-state index in [1.165, 1.54) is 6.08 Å². The molecule has 1 aliphatic heterocycles. The van der Waals surface area contributed by atoms with E-state index >= 15 is 0 Å². The molecule has 1 aliphatic rings. The Morgan fingerprint density at radius 1 is 1.64 bits per heavy atom. The molecule has 0 aliphatic carbocycles. The molecule has 0 aromatic heterocycles. The molecule has 0 amide bonds. The highest BCUT2D eigenvalue weighted by molar-refractivity contribution is 6.11. The fourth-order valence-corrected chi connectivity index (χ4v) is 0.789. The molecule has 3 nitrogen and oxygen atoms in total. The summed E-state index contributed by atoms with van der Waals surface area (Å²) in [6, 6.07) is 0. The standard InChI is InChI=1S/C8H8O3/c1-3-5(2)6-4-7(9)11-8(6)10/h4H,2-3H2,1H3. The predicted molar refractivity (Wildman–Crippen MR) is 38.6 cm³/mol. The topological polar surface area (TPSA) is 43.4 Å². The minimum absolute atomic E-state index is 0.303. The van der Waals surface area contributed by atoms with Gasteiger partial charge >= 0.3 is 11.9 Å². The van der Waals surface area contributed by atoms with Gasteiger partial charge in [-0.15, -0.1) is 0 Å². The Hall–Kier alpha value is -1.38. The molecule has 0 aromatic carbocycles. The summed E-state index contributed by atoms with van der Waals surface area (Å²) < 4.78 is 4.27. The van der Waals surface area contributed by atoms with Crippen LogP contribution in [0.1, 0.15) is 13.3 Å². The van der Waals surface area contributed by atoms with Crippen molar-refractivity contribution in [3.05, 3.63) is 23.8 Å². The summed E-state index contributed by atoms with van der Waals surface area (Å²) in [7, 11) is 0. The minimum atomic E-state index is -0.598. The van der Waals surface area contributed by atoms with Crippen LogP contribution in [0.25, 0.3) is 0 Å². The van der Waals surface area contributed by atoms with E-state index in [1.54, 1.807) is 0 Å². The number of hydrogen-bond acceptors (Lipinski definition) is 3. The molecule has 3 heteroatoms. The van der Waals surface area contributed by atoms with Crippen LogP contribution < -0.4 is 0 Å². The fourth-order valence-electron chi connectivity index (χ4n) is 0.789. The largest absolute Gasteiger partial charge is 0.386 e. The van der Waals surface area contributed by atoms with Crippen molar-refractivity contribution >= 4 is 11.9 Å². The van der Waals surface area contributed by atoms with E-state index < -0.39 is 11.9 Å². The molecule has 0 bridgehead atoms. The molecule has 1 rings (SSSR count). The zero-order valence-corrected chi connectivity index (χ0v) is 6.22. The molecule has 11 heavy (non-hydrogen) atoms. The van der Waals surface area contributed by atoms with Crippen LogP contribution in [-0.4, -0.2) is 11.9 Å². The van der Waals surface area contributed by atoms with E-state index in [2.05, 4.69) is 11.3 Å². The smallest absolute Gasteiger partial charge is 0.346 e. The average Bonchev–Trinajstić information content (AvgIpc) is 2.28. The van der Waals surface area contributed by atoms with Crippen molar-refractivity contribution in [3.8, 4) is 0 Å². The van der Waals surface area contributed by atoms with Crippen LogP contribution >= 0.6 is 0 Å². The lowest BCUT2D eigenvalue weighted by atomic mass is 10.1. The third kappa shape index (κ3) is 1.37. The van der Waals surface area contributed by atoms with Gasteiger partial charge in [0.15, 0.2) is 0 Å². The van der Waals surface area contributed by atoms with Crippen LogP contribution in [0.3, 0.4) is 0 Å². The molecule has 0 fully saturated rings. The summed E-state index contributed by atoms with van der Waals surface area (Å²) in [6.45, 7) is 5.48. The molecule has 0 spiro atoms. The lowest BCUT2D eigenvalue weighted by Gasteiger charge is -1.97. The summed E-state index contributed by atoms with van der Waals surface area (Å²) in [5.41, 5.74) is 0.943. The van der Waals surface area contributed by atoms with Crippen LogP contribution in [0.15, 0.2) is 23.8 Å². The van der Waals surface area contributed by atoms with Crippen LogP contribution in [0.5, 0.6) is 0 Å². The summed E-state index contributed by atoms with van der Waals surface area (Å²) >= 11 is 0. The molecule has 0 unspecified atom stereocenters. The molecular formula is C8H8O3. The van der Waals surface area contributed by atoms with Crippen molar-refractivity contribution in [1.29, 1.82) is 0 Å². The Bertz CT molecular complexity index is 261. The second-order valence-electron chi connectivity index (χ2n) is 2.22. The van der Waals surface area contributed by atoms with Crippen LogP contribution in [0.2, 0.25) is 0 Å². The first kappa shape index (κ1) is 7.72. The Morgan fingerprint density at radius 2 is 2.27 bits per heavy atom. The van der Waals surface area contributed by atoms with Crippen molar-refractivity contribution in [3.63, 3.8) is 0 Å². The van der Waals surface area contributed by atoms with Crippen LogP contribution in [-0.2, 0) is 14.3 Å². The molecule has 0 saturated carbocycles. The van der Waals surface area contributed by atoms with Gasteiger partial charge in [0.05, 0.1) is 5.57 Å². The summed E-state index contributed by atoms with van der Waals surface area (Å²) in [5.74, 6) is -1.18. The quantitative estimate of drug-likeness (QED) is 0.437. The SMILES string of the molecule is C=C(CC)C1=CC(=O)OC1=O. The zero-order valence-electron chi connectivity index (χ0n) is 6.22. The molecular weight excluding hydrogens is 144 g/mol. The highest BCUT2D eigenvalue weighted by Crippen LogP contribution is 2.17. The number of rotatable bonds is 2. The van der Waals surface area contributed by atoms with Gasteiger partial charge in [0, 0.05) is 6.08 Å². The summed E-state index contributed by atoms with van der Waals surface area (Å²) in [6.07, 6.45) is 1.82. The summed E-state index contributed by atoms with van der Waals surface area (Å²) in [5, 5.41) is 0. The van der Waals surface area contributed by atoms with Gasteiger partial charge in [-0.25, -0.2) is 9.59 Å². The van der Waals surface area contributed by atoms with Gasteiger partial charge in [-0.1, -0.05) is 13.5 Å². The van der Waals surface area contributed by atoms with E-state index in [0.29, 0.717) is 17.6 Å². The maximum Gasteiger partial charge on any atom is 0.346 e. The van der Waals surface area contributed by atoms with Gasteiger partial charge in [-0.3, -0.25) is 0 Å². The normalized spacial score (nSPS) is 16.3. The summed E-state index contributed by atoms with van der Waals surface area (Å²) in [4.78, 5) is 21.3. The molecule has 0 atom stereocenters. The number of carbonyl (C=O) groups excluding carboxylic acids is 2. The fraction of sp³-hybridized carbons (Fsp3) is 0.250. The third-order valence-corrected chi connectivity index (χ3v) is 1.48. The third-order valence-electron chi connectivity index (χ3n) is 1.48. The maximum absolute atomic E-state index is 10.8. The van der Waals surface area contributed by atoms with Gasteiger partial charge < -0.3 is 4.74 Å². The lowest BCUT2D eigenvalue weighted by Crippen LogP contribution is -2.02. The average molecular weight is 152 g/mol. The zero-order chi connectivity index (χ0) is 8.43. The van der Waals surface area contributed by atoms with E-state index in [1.807, 2.05) is 6.92 Å². The molecule has 0 radical (unpaired) electrons. The van der Waals surface area contributed by atoms with Gasteiger partial charge in [0.2, 0.25) is 0 Å². The molecule has 0 aromatic rings. The molecule has 58 valence electrons. The van der Waals surface area contributed by atoms with E-state index in [-0.39, 0.29) is 0 Å². The highest BCUT2D eigenvalue weighted by atomic mass is 16.6. The van der Waals surface area contributed by atoms with Crippen molar-refractivity contribution in [2.45, 2.75) is 13.3 Å². The second-order valence-corrected chi connectivity index (χ2v) is 2.22. The predicted octanol–water partition coefficient (Wildman–Crippen LogP) is 0.962. The monoisotopic (exact) mass is 152 g/mol. The van der Waals surface area contributed by atoms with Crippen molar-refractivity contribution in [2.75, 3.05) is 0 Å². The van der Waals surface area contributed by atoms with Gasteiger partial charge in [-0.2, -0.15) is 0 Å².